The molecule has 0 aliphatic heterocycles. The van der Waals surface area contributed by atoms with Gasteiger partial charge in [-0.2, -0.15) is 0 Å². The minimum atomic E-state index is -0.812. The van der Waals surface area contributed by atoms with E-state index in [1.54, 1.807) is 6.07 Å². The minimum absolute atomic E-state index is 0.000133. The molecule has 0 radical (unpaired) electrons. The van der Waals surface area contributed by atoms with Gasteiger partial charge in [-0.1, -0.05) is 25.8 Å². The number of hydrogen-bond donors (Lipinski definition) is 2. The van der Waals surface area contributed by atoms with Crippen molar-refractivity contribution in [3.8, 4) is 0 Å². The molecule has 110 valence electrons. The molecule has 2 atom stereocenters. The average Bonchev–Trinajstić information content (AvgIpc) is 2.82. The third kappa shape index (κ3) is 3.20. The van der Waals surface area contributed by atoms with Crippen LogP contribution in [0, 0.1) is 5.82 Å². The number of carboxylic acid groups (broad SMARTS) is 1. The third-order valence-corrected chi connectivity index (χ3v) is 4.69. The molecule has 2 unspecified atom stereocenters. The summed E-state index contributed by atoms with van der Waals surface area (Å²) in [7, 11) is 0. The summed E-state index contributed by atoms with van der Waals surface area (Å²) in [5.74, 6) is -1.07. The first-order valence-electron chi connectivity index (χ1n) is 7.00. The molecule has 20 heavy (non-hydrogen) atoms. The lowest BCUT2D eigenvalue weighted by Crippen LogP contribution is -2.38. The smallest absolute Gasteiger partial charge is 0.320 e. The molecule has 0 saturated carbocycles. The van der Waals surface area contributed by atoms with E-state index in [1.165, 1.54) is 6.07 Å². The molecule has 0 bridgehead atoms. The monoisotopic (exact) mass is 343 g/mol. The van der Waals surface area contributed by atoms with Crippen molar-refractivity contribution in [1.82, 2.24) is 5.32 Å². The van der Waals surface area contributed by atoms with Crippen LogP contribution in [0.2, 0.25) is 0 Å². The minimum Gasteiger partial charge on any atom is -0.480 e. The van der Waals surface area contributed by atoms with Crippen LogP contribution in [0.4, 0.5) is 4.39 Å². The highest BCUT2D eigenvalue weighted by Gasteiger charge is 2.29. The summed E-state index contributed by atoms with van der Waals surface area (Å²) in [5, 5.41) is 12.5. The number of benzene rings is 1. The zero-order valence-corrected chi connectivity index (χ0v) is 13.0. The predicted octanol–water partition coefficient (Wildman–Crippen LogP) is 3.81. The van der Waals surface area contributed by atoms with Crippen molar-refractivity contribution in [2.24, 2.45) is 0 Å². The summed E-state index contributed by atoms with van der Waals surface area (Å²) in [4.78, 5) is 11.3. The average molecular weight is 344 g/mol. The van der Waals surface area contributed by atoms with Crippen LogP contribution < -0.4 is 5.32 Å². The van der Waals surface area contributed by atoms with Crippen molar-refractivity contribution in [1.29, 1.82) is 0 Å². The topological polar surface area (TPSA) is 49.3 Å². The predicted molar refractivity (Wildman–Crippen MR) is 79.2 cm³/mol. The van der Waals surface area contributed by atoms with Gasteiger partial charge in [-0.25, -0.2) is 4.39 Å². The fourth-order valence-electron chi connectivity index (χ4n) is 2.73. The van der Waals surface area contributed by atoms with Crippen molar-refractivity contribution < 1.29 is 14.3 Å². The SMILES string of the molecule is CCCCC(NC1CCc2c1ccc(F)c2Br)C(=O)O. The molecule has 5 heteroatoms. The lowest BCUT2D eigenvalue weighted by atomic mass is 10.0. The van der Waals surface area contributed by atoms with Crippen molar-refractivity contribution in [3.05, 3.63) is 33.5 Å². The van der Waals surface area contributed by atoms with E-state index in [0.29, 0.717) is 10.9 Å². The number of rotatable bonds is 6. The molecule has 1 aliphatic rings. The number of halogens is 2. The zero-order valence-electron chi connectivity index (χ0n) is 11.5. The fourth-order valence-corrected chi connectivity index (χ4v) is 3.29. The van der Waals surface area contributed by atoms with Gasteiger partial charge in [0.1, 0.15) is 11.9 Å². The molecule has 0 heterocycles. The van der Waals surface area contributed by atoms with E-state index < -0.39 is 12.0 Å². The first-order chi connectivity index (χ1) is 9.54. The number of carbonyl (C=O) groups is 1. The van der Waals surface area contributed by atoms with Gasteiger partial charge in [-0.3, -0.25) is 10.1 Å². The Balaban J connectivity index is 2.13. The van der Waals surface area contributed by atoms with E-state index in [-0.39, 0.29) is 11.9 Å². The molecule has 0 saturated heterocycles. The van der Waals surface area contributed by atoms with Gasteiger partial charge in [0.2, 0.25) is 0 Å². The van der Waals surface area contributed by atoms with Gasteiger partial charge in [0.25, 0.3) is 0 Å². The number of nitrogens with one attached hydrogen (secondary N) is 1. The van der Waals surface area contributed by atoms with E-state index in [4.69, 9.17) is 0 Å². The van der Waals surface area contributed by atoms with Gasteiger partial charge in [0, 0.05) is 6.04 Å². The quantitative estimate of drug-likeness (QED) is 0.825. The molecule has 0 fully saturated rings. The van der Waals surface area contributed by atoms with Crippen molar-refractivity contribution in [2.45, 2.75) is 51.1 Å². The summed E-state index contributed by atoms with van der Waals surface area (Å²) in [6.45, 7) is 2.05. The van der Waals surface area contributed by atoms with E-state index in [1.807, 2.05) is 6.92 Å². The zero-order chi connectivity index (χ0) is 14.7. The lowest BCUT2D eigenvalue weighted by Gasteiger charge is -2.20. The molecule has 3 nitrogen and oxygen atoms in total. The Hall–Kier alpha value is -0.940. The van der Waals surface area contributed by atoms with Crippen molar-refractivity contribution >= 4 is 21.9 Å². The highest BCUT2D eigenvalue weighted by molar-refractivity contribution is 9.10. The Morgan fingerprint density at radius 3 is 3.00 bits per heavy atom. The molecular weight excluding hydrogens is 325 g/mol. The molecule has 2 N–H and O–H groups in total. The first kappa shape index (κ1) is 15.4. The normalized spacial score (nSPS) is 18.9. The van der Waals surface area contributed by atoms with Crippen LogP contribution in [0.15, 0.2) is 16.6 Å². The van der Waals surface area contributed by atoms with Gasteiger partial charge in [-0.15, -0.1) is 0 Å². The molecule has 1 aliphatic carbocycles. The van der Waals surface area contributed by atoms with Crippen molar-refractivity contribution in [2.75, 3.05) is 0 Å². The maximum Gasteiger partial charge on any atom is 0.320 e. The second-order valence-corrected chi connectivity index (χ2v) is 6.01. The Bertz CT molecular complexity index is 507. The number of hydrogen-bond acceptors (Lipinski definition) is 2. The fraction of sp³-hybridized carbons (Fsp3) is 0.533. The number of fused-ring (bicyclic) bond motifs is 1. The largest absolute Gasteiger partial charge is 0.480 e. The second-order valence-electron chi connectivity index (χ2n) is 5.22. The van der Waals surface area contributed by atoms with Crippen molar-refractivity contribution in [3.63, 3.8) is 0 Å². The highest BCUT2D eigenvalue weighted by Crippen LogP contribution is 2.37. The number of carboxylic acids is 1. The summed E-state index contributed by atoms with van der Waals surface area (Å²) < 4.78 is 14.0. The highest BCUT2D eigenvalue weighted by atomic mass is 79.9. The number of aliphatic carboxylic acids is 1. The Morgan fingerprint density at radius 2 is 2.35 bits per heavy atom. The van der Waals surface area contributed by atoms with Gasteiger partial charge in [0.15, 0.2) is 0 Å². The maximum absolute atomic E-state index is 13.5. The molecule has 1 aromatic rings. The van der Waals surface area contributed by atoms with Crippen LogP contribution in [0.25, 0.3) is 0 Å². The van der Waals surface area contributed by atoms with Crippen LogP contribution >= 0.6 is 15.9 Å². The second kappa shape index (κ2) is 6.68. The van der Waals surface area contributed by atoms with E-state index in [9.17, 15) is 14.3 Å². The number of unbranched alkanes of at least 4 members (excludes halogenated alkanes) is 1. The Kier molecular flexibility index (Phi) is 5.16. The van der Waals surface area contributed by atoms with E-state index in [2.05, 4.69) is 21.2 Å². The van der Waals surface area contributed by atoms with Gasteiger partial charge < -0.3 is 5.11 Å². The standard InChI is InChI=1S/C15H19BrFNO2/c1-2-3-4-13(15(19)20)18-12-8-6-10-9(12)5-7-11(17)14(10)16/h5,7,12-13,18H,2-4,6,8H2,1H3,(H,19,20). The van der Waals surface area contributed by atoms with Gasteiger partial charge in [0.05, 0.1) is 4.47 Å². The summed E-state index contributed by atoms with van der Waals surface area (Å²) in [6.07, 6.45) is 4.07. The van der Waals surface area contributed by atoms with Crippen LogP contribution in [0.5, 0.6) is 0 Å². The first-order valence-corrected chi connectivity index (χ1v) is 7.79. The van der Waals surface area contributed by atoms with Crippen LogP contribution in [0.3, 0.4) is 0 Å². The van der Waals surface area contributed by atoms with E-state index >= 15 is 0 Å². The molecule has 1 aromatic carbocycles. The Morgan fingerprint density at radius 1 is 1.60 bits per heavy atom. The summed E-state index contributed by atoms with van der Waals surface area (Å²) in [5.41, 5.74) is 1.98. The molecule has 0 amide bonds. The van der Waals surface area contributed by atoms with Gasteiger partial charge in [-0.05, 0) is 52.4 Å². The van der Waals surface area contributed by atoms with Crippen LogP contribution in [0.1, 0.15) is 49.8 Å². The molecule has 0 spiro atoms. The molecule has 2 rings (SSSR count). The Labute approximate surface area is 126 Å². The van der Waals surface area contributed by atoms with Crippen LogP contribution in [-0.4, -0.2) is 17.1 Å². The van der Waals surface area contributed by atoms with Gasteiger partial charge >= 0.3 is 5.97 Å². The third-order valence-electron chi connectivity index (χ3n) is 3.84. The summed E-state index contributed by atoms with van der Waals surface area (Å²) >= 11 is 3.28. The summed E-state index contributed by atoms with van der Waals surface area (Å²) in [6, 6.07) is 2.67. The van der Waals surface area contributed by atoms with E-state index in [0.717, 1.165) is 36.8 Å². The molecular formula is C15H19BrFNO2. The lowest BCUT2D eigenvalue weighted by molar-refractivity contribution is -0.139. The molecule has 0 aromatic heterocycles. The van der Waals surface area contributed by atoms with Crippen LogP contribution in [-0.2, 0) is 11.2 Å². The maximum atomic E-state index is 13.5.